The molecule has 1 N–H and O–H groups in total. The first-order chi connectivity index (χ1) is 7.70. The standard InChI is InChI=1S/C13H15NO2/c1-9(15)7-11-8-10-5-3-4-6-12(10)14-13(11)16-2/h3-6,8-9,15H,7H2,1-2H3/t9-/m0/s1. The van der Waals surface area contributed by atoms with E-state index >= 15 is 0 Å². The van der Waals surface area contributed by atoms with Gasteiger partial charge in [-0.1, -0.05) is 18.2 Å². The molecule has 84 valence electrons. The molecule has 2 aromatic rings. The number of fused-ring (bicyclic) bond motifs is 1. The SMILES string of the molecule is COc1nc2ccccc2cc1C[C@H](C)O. The van der Waals surface area contributed by atoms with Gasteiger partial charge in [-0.05, 0) is 19.1 Å². The Balaban J connectivity index is 2.53. The van der Waals surface area contributed by atoms with Gasteiger partial charge in [0.2, 0.25) is 5.88 Å². The number of methoxy groups -OCH3 is 1. The van der Waals surface area contributed by atoms with E-state index in [1.165, 1.54) is 0 Å². The first kappa shape index (κ1) is 10.9. The van der Waals surface area contributed by atoms with Crippen molar-refractivity contribution in [2.45, 2.75) is 19.4 Å². The van der Waals surface area contributed by atoms with Crippen LogP contribution in [0.4, 0.5) is 0 Å². The van der Waals surface area contributed by atoms with Crippen molar-refractivity contribution >= 4 is 10.9 Å². The van der Waals surface area contributed by atoms with Crippen LogP contribution < -0.4 is 4.74 Å². The fourth-order valence-electron chi connectivity index (χ4n) is 1.78. The van der Waals surface area contributed by atoms with E-state index in [1.54, 1.807) is 14.0 Å². The highest BCUT2D eigenvalue weighted by Crippen LogP contribution is 2.23. The van der Waals surface area contributed by atoms with Gasteiger partial charge < -0.3 is 9.84 Å². The second kappa shape index (κ2) is 4.49. The molecule has 0 unspecified atom stereocenters. The molecule has 1 atom stereocenters. The molecule has 3 heteroatoms. The van der Waals surface area contributed by atoms with Gasteiger partial charge in [-0.25, -0.2) is 4.98 Å². The normalized spacial score (nSPS) is 12.7. The van der Waals surface area contributed by atoms with E-state index in [4.69, 9.17) is 4.74 Å². The molecule has 0 aliphatic rings. The lowest BCUT2D eigenvalue weighted by Gasteiger charge is -2.10. The number of aliphatic hydroxyl groups is 1. The van der Waals surface area contributed by atoms with Crippen molar-refractivity contribution in [2.24, 2.45) is 0 Å². The zero-order chi connectivity index (χ0) is 11.5. The van der Waals surface area contributed by atoms with E-state index < -0.39 is 6.10 Å². The van der Waals surface area contributed by atoms with Gasteiger partial charge in [0.25, 0.3) is 0 Å². The van der Waals surface area contributed by atoms with Crippen molar-refractivity contribution < 1.29 is 9.84 Å². The molecule has 0 spiro atoms. The Labute approximate surface area is 94.7 Å². The summed E-state index contributed by atoms with van der Waals surface area (Å²) in [6.45, 7) is 1.76. The summed E-state index contributed by atoms with van der Waals surface area (Å²) in [4.78, 5) is 4.41. The molecule has 0 aliphatic heterocycles. The first-order valence-electron chi connectivity index (χ1n) is 5.31. The molecule has 0 radical (unpaired) electrons. The Morgan fingerprint density at radius 2 is 2.12 bits per heavy atom. The van der Waals surface area contributed by atoms with E-state index in [1.807, 2.05) is 30.3 Å². The number of rotatable bonds is 3. The van der Waals surface area contributed by atoms with Gasteiger partial charge in [0.1, 0.15) is 0 Å². The van der Waals surface area contributed by atoms with Crippen LogP contribution in [0.1, 0.15) is 12.5 Å². The fourth-order valence-corrected chi connectivity index (χ4v) is 1.78. The highest BCUT2D eigenvalue weighted by molar-refractivity contribution is 5.80. The predicted molar refractivity (Wildman–Crippen MR) is 63.7 cm³/mol. The van der Waals surface area contributed by atoms with E-state index in [2.05, 4.69) is 4.98 Å². The maximum Gasteiger partial charge on any atom is 0.216 e. The molecule has 0 saturated carbocycles. The van der Waals surface area contributed by atoms with Crippen molar-refractivity contribution in [1.29, 1.82) is 0 Å². The molecule has 0 fully saturated rings. The topological polar surface area (TPSA) is 42.4 Å². The number of aliphatic hydroxyl groups excluding tert-OH is 1. The Hall–Kier alpha value is -1.61. The zero-order valence-corrected chi connectivity index (χ0v) is 9.47. The number of hydrogen-bond donors (Lipinski definition) is 1. The number of aromatic nitrogens is 1. The lowest BCUT2D eigenvalue weighted by atomic mass is 10.1. The second-order valence-corrected chi connectivity index (χ2v) is 3.90. The van der Waals surface area contributed by atoms with E-state index in [0.29, 0.717) is 12.3 Å². The Kier molecular flexibility index (Phi) is 3.06. The van der Waals surface area contributed by atoms with Crippen molar-refractivity contribution in [1.82, 2.24) is 4.98 Å². The summed E-state index contributed by atoms with van der Waals surface area (Å²) in [6, 6.07) is 9.90. The lowest BCUT2D eigenvalue weighted by molar-refractivity contribution is 0.194. The van der Waals surface area contributed by atoms with Crippen LogP contribution in [0.2, 0.25) is 0 Å². The second-order valence-electron chi connectivity index (χ2n) is 3.90. The molecule has 16 heavy (non-hydrogen) atoms. The number of ether oxygens (including phenoxy) is 1. The third kappa shape index (κ3) is 2.14. The van der Waals surface area contributed by atoms with Crippen molar-refractivity contribution in [3.8, 4) is 5.88 Å². The largest absolute Gasteiger partial charge is 0.481 e. The summed E-state index contributed by atoms with van der Waals surface area (Å²) < 4.78 is 5.23. The minimum Gasteiger partial charge on any atom is -0.481 e. The molecule has 1 aromatic carbocycles. The molecule has 0 bridgehead atoms. The number of nitrogens with zero attached hydrogens (tertiary/aromatic N) is 1. The third-order valence-electron chi connectivity index (χ3n) is 2.47. The molecule has 0 saturated heterocycles. The highest BCUT2D eigenvalue weighted by atomic mass is 16.5. The molecule has 0 amide bonds. The molecule has 3 nitrogen and oxygen atoms in total. The Bertz CT molecular complexity index is 494. The van der Waals surface area contributed by atoms with Gasteiger partial charge in [-0.15, -0.1) is 0 Å². The van der Waals surface area contributed by atoms with Crippen LogP contribution in [0.5, 0.6) is 5.88 Å². The zero-order valence-electron chi connectivity index (χ0n) is 9.47. The molecule has 0 aliphatic carbocycles. The van der Waals surface area contributed by atoms with Crippen LogP contribution in [0.15, 0.2) is 30.3 Å². The molecular weight excluding hydrogens is 202 g/mol. The van der Waals surface area contributed by atoms with Crippen LogP contribution in [0, 0.1) is 0 Å². The van der Waals surface area contributed by atoms with Crippen molar-refractivity contribution in [2.75, 3.05) is 7.11 Å². The van der Waals surface area contributed by atoms with Crippen LogP contribution in [0.3, 0.4) is 0 Å². The third-order valence-corrected chi connectivity index (χ3v) is 2.47. The Morgan fingerprint density at radius 3 is 2.81 bits per heavy atom. The minimum atomic E-state index is -0.392. The predicted octanol–water partition coefficient (Wildman–Crippen LogP) is 2.17. The summed E-state index contributed by atoms with van der Waals surface area (Å²) in [6.07, 6.45) is 0.165. The van der Waals surface area contributed by atoms with Gasteiger partial charge in [-0.3, -0.25) is 0 Å². The highest BCUT2D eigenvalue weighted by Gasteiger charge is 2.09. The summed E-state index contributed by atoms with van der Waals surface area (Å²) in [5, 5.41) is 10.5. The summed E-state index contributed by atoms with van der Waals surface area (Å²) in [5.41, 5.74) is 1.85. The summed E-state index contributed by atoms with van der Waals surface area (Å²) >= 11 is 0. The lowest BCUT2D eigenvalue weighted by Crippen LogP contribution is -2.06. The average Bonchev–Trinajstić information content (AvgIpc) is 2.27. The van der Waals surface area contributed by atoms with Gasteiger partial charge in [-0.2, -0.15) is 0 Å². The quantitative estimate of drug-likeness (QED) is 0.856. The van der Waals surface area contributed by atoms with Crippen LogP contribution in [-0.2, 0) is 6.42 Å². The minimum absolute atomic E-state index is 0.392. The number of hydrogen-bond acceptors (Lipinski definition) is 3. The monoisotopic (exact) mass is 217 g/mol. The van der Waals surface area contributed by atoms with Crippen molar-refractivity contribution in [3.63, 3.8) is 0 Å². The van der Waals surface area contributed by atoms with Gasteiger partial charge in [0.05, 0.1) is 18.7 Å². The van der Waals surface area contributed by atoms with Gasteiger partial charge in [0.15, 0.2) is 0 Å². The molecule has 1 aromatic heterocycles. The molecule has 2 rings (SSSR count). The first-order valence-corrected chi connectivity index (χ1v) is 5.31. The van der Waals surface area contributed by atoms with E-state index in [-0.39, 0.29) is 0 Å². The van der Waals surface area contributed by atoms with Crippen LogP contribution in [0.25, 0.3) is 10.9 Å². The van der Waals surface area contributed by atoms with Crippen LogP contribution >= 0.6 is 0 Å². The van der Waals surface area contributed by atoms with Crippen LogP contribution in [-0.4, -0.2) is 23.3 Å². The van der Waals surface area contributed by atoms with E-state index in [9.17, 15) is 5.11 Å². The summed E-state index contributed by atoms with van der Waals surface area (Å²) in [5.74, 6) is 0.597. The maximum atomic E-state index is 9.41. The number of para-hydroxylation sites is 1. The van der Waals surface area contributed by atoms with Crippen molar-refractivity contribution in [3.05, 3.63) is 35.9 Å². The number of pyridine rings is 1. The maximum absolute atomic E-state index is 9.41. The fraction of sp³-hybridized carbons (Fsp3) is 0.308. The van der Waals surface area contributed by atoms with Gasteiger partial charge in [0, 0.05) is 17.4 Å². The number of benzene rings is 1. The molecule has 1 heterocycles. The summed E-state index contributed by atoms with van der Waals surface area (Å²) in [7, 11) is 1.60. The Morgan fingerprint density at radius 1 is 1.38 bits per heavy atom. The molecular formula is C13H15NO2. The average molecular weight is 217 g/mol. The van der Waals surface area contributed by atoms with E-state index in [0.717, 1.165) is 16.5 Å². The van der Waals surface area contributed by atoms with Gasteiger partial charge >= 0.3 is 0 Å². The smallest absolute Gasteiger partial charge is 0.216 e.